The number of halogens is 2. The first-order valence-corrected chi connectivity index (χ1v) is 10.2. The normalized spacial score (nSPS) is 11.2. The Balaban J connectivity index is 1.75. The molecule has 8 heteroatoms. The van der Waals surface area contributed by atoms with E-state index in [-0.39, 0.29) is 11.4 Å². The largest absolute Gasteiger partial charge is 0.384 e. The van der Waals surface area contributed by atoms with Crippen molar-refractivity contribution in [2.45, 2.75) is 0 Å². The number of carbonyl (C=O) groups excluding carboxylic acids is 1. The van der Waals surface area contributed by atoms with Crippen LogP contribution in [0.2, 0.25) is 10.0 Å². The fraction of sp³-hybridized carbons (Fsp3) is 0. The first kappa shape index (κ1) is 19.4. The SMILES string of the molecule is Nc1c(C(=O)Nc2ccc(Cl)cc2)c2nc3ccccc3nc2n1-c1cccc(Cl)c1. The van der Waals surface area contributed by atoms with Crippen molar-refractivity contribution >= 4 is 62.8 Å². The average molecular weight is 448 g/mol. The minimum absolute atomic E-state index is 0.221. The van der Waals surface area contributed by atoms with Crippen molar-refractivity contribution in [1.29, 1.82) is 0 Å². The third-order valence-electron chi connectivity index (χ3n) is 4.89. The molecule has 5 rings (SSSR count). The second kappa shape index (κ2) is 7.58. The van der Waals surface area contributed by atoms with Gasteiger partial charge >= 0.3 is 0 Å². The Kier molecular flexibility index (Phi) is 4.73. The lowest BCUT2D eigenvalue weighted by molar-refractivity contribution is 0.102. The molecule has 152 valence electrons. The highest BCUT2D eigenvalue weighted by Gasteiger charge is 2.25. The van der Waals surface area contributed by atoms with Gasteiger partial charge in [0.1, 0.15) is 16.9 Å². The van der Waals surface area contributed by atoms with Crippen LogP contribution in [0.3, 0.4) is 0 Å². The summed E-state index contributed by atoms with van der Waals surface area (Å²) in [4.78, 5) is 22.7. The summed E-state index contributed by atoms with van der Waals surface area (Å²) < 4.78 is 1.69. The number of nitrogens with two attached hydrogens (primary N) is 1. The standard InChI is InChI=1S/C23H15Cl2N5O/c24-13-8-10-15(11-9-13)27-23(31)19-20-22(29-18-7-2-1-6-17(18)28-20)30(21(19)26)16-5-3-4-14(25)12-16/h1-12H,26H2,(H,27,31). The monoisotopic (exact) mass is 447 g/mol. The molecule has 0 radical (unpaired) electrons. The third-order valence-corrected chi connectivity index (χ3v) is 5.38. The Morgan fingerprint density at radius 3 is 2.29 bits per heavy atom. The van der Waals surface area contributed by atoms with E-state index >= 15 is 0 Å². The Labute approximate surface area is 187 Å². The summed E-state index contributed by atoms with van der Waals surface area (Å²) in [6.45, 7) is 0. The summed E-state index contributed by atoms with van der Waals surface area (Å²) in [6.07, 6.45) is 0. The molecular formula is C23H15Cl2N5O. The van der Waals surface area contributed by atoms with Gasteiger partial charge in [0.05, 0.1) is 16.7 Å². The smallest absolute Gasteiger partial charge is 0.261 e. The van der Waals surface area contributed by atoms with Crippen molar-refractivity contribution in [3.05, 3.63) is 88.4 Å². The molecule has 3 N–H and O–H groups in total. The maximum Gasteiger partial charge on any atom is 0.261 e. The van der Waals surface area contributed by atoms with E-state index in [4.69, 9.17) is 38.9 Å². The summed E-state index contributed by atoms with van der Waals surface area (Å²) in [5, 5.41) is 3.98. The summed E-state index contributed by atoms with van der Waals surface area (Å²) in [7, 11) is 0. The van der Waals surface area contributed by atoms with Gasteiger partial charge in [0.2, 0.25) is 0 Å². The van der Waals surface area contributed by atoms with Crippen LogP contribution >= 0.6 is 23.2 Å². The molecule has 5 aromatic rings. The van der Waals surface area contributed by atoms with E-state index in [1.165, 1.54) is 0 Å². The van der Waals surface area contributed by atoms with Crippen molar-refractivity contribution < 1.29 is 4.79 Å². The highest BCUT2D eigenvalue weighted by atomic mass is 35.5. The molecule has 0 atom stereocenters. The molecule has 6 nitrogen and oxygen atoms in total. The fourth-order valence-electron chi connectivity index (χ4n) is 3.49. The summed E-state index contributed by atoms with van der Waals surface area (Å²) in [5.41, 5.74) is 10.2. The van der Waals surface area contributed by atoms with E-state index in [2.05, 4.69) is 5.32 Å². The number of carbonyl (C=O) groups is 1. The van der Waals surface area contributed by atoms with E-state index in [9.17, 15) is 4.79 Å². The lowest BCUT2D eigenvalue weighted by atomic mass is 10.2. The number of nitrogen functional groups attached to an aromatic ring is 1. The lowest BCUT2D eigenvalue weighted by Crippen LogP contribution is -2.14. The number of anilines is 2. The fourth-order valence-corrected chi connectivity index (χ4v) is 3.80. The Hall–Kier alpha value is -3.61. The van der Waals surface area contributed by atoms with Crippen LogP contribution in [0.5, 0.6) is 0 Å². The molecule has 0 bridgehead atoms. The van der Waals surface area contributed by atoms with Gasteiger partial charge in [-0.1, -0.05) is 41.4 Å². The second-order valence-electron chi connectivity index (χ2n) is 6.92. The van der Waals surface area contributed by atoms with Crippen LogP contribution in [0, 0.1) is 0 Å². The van der Waals surface area contributed by atoms with Crippen molar-refractivity contribution in [1.82, 2.24) is 14.5 Å². The molecule has 0 fully saturated rings. The number of benzene rings is 3. The second-order valence-corrected chi connectivity index (χ2v) is 7.79. The first-order chi connectivity index (χ1) is 15.0. The van der Waals surface area contributed by atoms with E-state index in [0.29, 0.717) is 43.6 Å². The van der Waals surface area contributed by atoms with Crippen LogP contribution in [0.1, 0.15) is 10.4 Å². The minimum atomic E-state index is -0.393. The molecule has 0 saturated carbocycles. The number of rotatable bonds is 3. The lowest BCUT2D eigenvalue weighted by Gasteiger charge is -2.08. The van der Waals surface area contributed by atoms with Gasteiger partial charge in [0.25, 0.3) is 5.91 Å². The Morgan fingerprint density at radius 2 is 1.58 bits per heavy atom. The van der Waals surface area contributed by atoms with Crippen LogP contribution in [0.15, 0.2) is 72.8 Å². The molecular weight excluding hydrogens is 433 g/mol. The number of nitrogens with zero attached hydrogens (tertiary/aromatic N) is 3. The summed E-state index contributed by atoms with van der Waals surface area (Å²) >= 11 is 12.1. The highest BCUT2D eigenvalue weighted by molar-refractivity contribution is 6.31. The van der Waals surface area contributed by atoms with Crippen molar-refractivity contribution in [3.63, 3.8) is 0 Å². The van der Waals surface area contributed by atoms with E-state index in [1.54, 1.807) is 41.0 Å². The van der Waals surface area contributed by atoms with Crippen molar-refractivity contribution in [2.75, 3.05) is 11.1 Å². The number of hydrogen-bond donors (Lipinski definition) is 2. The highest BCUT2D eigenvalue weighted by Crippen LogP contribution is 2.32. The molecule has 0 aliphatic carbocycles. The predicted molar refractivity (Wildman–Crippen MR) is 125 cm³/mol. The van der Waals surface area contributed by atoms with Crippen molar-refractivity contribution in [3.8, 4) is 5.69 Å². The van der Waals surface area contributed by atoms with Crippen LogP contribution in [-0.4, -0.2) is 20.4 Å². The molecule has 2 aromatic heterocycles. The van der Waals surface area contributed by atoms with Crippen LogP contribution < -0.4 is 11.1 Å². The molecule has 2 heterocycles. The van der Waals surface area contributed by atoms with Gasteiger partial charge in [0, 0.05) is 15.7 Å². The van der Waals surface area contributed by atoms with Gasteiger partial charge in [-0.3, -0.25) is 9.36 Å². The first-order valence-electron chi connectivity index (χ1n) is 9.41. The summed E-state index contributed by atoms with van der Waals surface area (Å²) in [6, 6.07) is 21.5. The molecule has 0 aliphatic heterocycles. The molecule has 0 unspecified atom stereocenters. The maximum absolute atomic E-state index is 13.3. The molecule has 1 amide bonds. The average Bonchev–Trinajstić information content (AvgIpc) is 3.04. The number of fused-ring (bicyclic) bond motifs is 2. The van der Waals surface area contributed by atoms with Gasteiger partial charge in [0.15, 0.2) is 5.65 Å². The van der Waals surface area contributed by atoms with E-state index in [0.717, 1.165) is 0 Å². The van der Waals surface area contributed by atoms with E-state index < -0.39 is 5.91 Å². The van der Waals surface area contributed by atoms with Crippen LogP contribution in [0.25, 0.3) is 27.9 Å². The zero-order chi connectivity index (χ0) is 21.5. The Morgan fingerprint density at radius 1 is 0.871 bits per heavy atom. The van der Waals surface area contributed by atoms with Crippen LogP contribution in [0.4, 0.5) is 11.5 Å². The predicted octanol–water partition coefficient (Wildman–Crippen LogP) is 5.72. The van der Waals surface area contributed by atoms with Gasteiger partial charge in [-0.25, -0.2) is 9.97 Å². The maximum atomic E-state index is 13.3. The number of aromatic nitrogens is 3. The zero-order valence-corrected chi connectivity index (χ0v) is 17.5. The number of hydrogen-bond acceptors (Lipinski definition) is 4. The molecule has 3 aromatic carbocycles. The quantitative estimate of drug-likeness (QED) is 0.370. The number of nitrogens with one attached hydrogen (secondary N) is 1. The molecule has 0 aliphatic rings. The summed E-state index contributed by atoms with van der Waals surface area (Å²) in [5.74, 6) is -0.172. The van der Waals surface area contributed by atoms with Crippen molar-refractivity contribution in [2.24, 2.45) is 0 Å². The van der Waals surface area contributed by atoms with Gasteiger partial charge < -0.3 is 11.1 Å². The number of para-hydroxylation sites is 2. The van der Waals surface area contributed by atoms with Gasteiger partial charge in [-0.05, 0) is 54.6 Å². The molecule has 31 heavy (non-hydrogen) atoms. The third kappa shape index (κ3) is 3.46. The minimum Gasteiger partial charge on any atom is -0.384 e. The Bertz CT molecular complexity index is 1460. The molecule has 0 saturated heterocycles. The molecule has 0 spiro atoms. The van der Waals surface area contributed by atoms with Gasteiger partial charge in [-0.15, -0.1) is 0 Å². The zero-order valence-electron chi connectivity index (χ0n) is 16.0. The number of amides is 1. The van der Waals surface area contributed by atoms with E-state index in [1.807, 2.05) is 36.4 Å². The van der Waals surface area contributed by atoms with Crippen LogP contribution in [-0.2, 0) is 0 Å². The van der Waals surface area contributed by atoms with Gasteiger partial charge in [-0.2, -0.15) is 0 Å². The topological polar surface area (TPSA) is 85.8 Å².